The van der Waals surface area contributed by atoms with Crippen LogP contribution in [-0.4, -0.2) is 23.5 Å². The van der Waals surface area contributed by atoms with Crippen LogP contribution in [0.1, 0.15) is 48.5 Å². The Morgan fingerprint density at radius 1 is 0.824 bits per heavy atom. The molecule has 0 aliphatic heterocycles. The zero-order valence-electron chi connectivity index (χ0n) is 13.3. The van der Waals surface area contributed by atoms with E-state index in [0.29, 0.717) is 16.6 Å². The molecule has 0 N–H and O–H groups in total. The maximum Gasteiger partial charge on any atom is 0.321 e. The Kier molecular flexibility index (Phi) is 6.64. The second-order valence-corrected chi connectivity index (χ2v) is 15.3. The Balaban J connectivity index is 5.19. The van der Waals surface area contributed by atoms with Crippen LogP contribution in [0.5, 0.6) is 0 Å². The van der Waals surface area contributed by atoms with Gasteiger partial charge in [-0.1, -0.05) is 41.5 Å². The molecule has 0 bridgehead atoms. The molecule has 0 amide bonds. The van der Waals surface area contributed by atoms with Crippen molar-refractivity contribution in [2.24, 2.45) is 0 Å². The highest BCUT2D eigenvalue weighted by Crippen LogP contribution is 2.43. The first kappa shape index (κ1) is 17.4. The average Bonchev–Trinajstić information content (AvgIpc) is 2.12. The zero-order chi connectivity index (χ0) is 13.9. The fourth-order valence-corrected chi connectivity index (χ4v) is 14.3. The van der Waals surface area contributed by atoms with Crippen molar-refractivity contribution < 1.29 is 8.54 Å². The summed E-state index contributed by atoms with van der Waals surface area (Å²) >= 11 is 0. The average molecular weight is 277 g/mol. The molecular weight excluding hydrogens is 244 g/mol. The van der Waals surface area contributed by atoms with Gasteiger partial charge in [-0.05, 0) is 36.6 Å². The Bertz CT molecular complexity index is 204. The molecule has 0 rings (SSSR count). The van der Waals surface area contributed by atoms with E-state index in [9.17, 15) is 0 Å². The number of hydrogen-bond donors (Lipinski definition) is 0. The highest BCUT2D eigenvalue weighted by Gasteiger charge is 2.49. The van der Waals surface area contributed by atoms with E-state index in [4.69, 9.17) is 8.54 Å². The van der Waals surface area contributed by atoms with Crippen molar-refractivity contribution in [2.75, 3.05) is 6.61 Å². The highest BCUT2D eigenvalue weighted by molar-refractivity contribution is 6.86. The van der Waals surface area contributed by atoms with Gasteiger partial charge in [-0.2, -0.15) is 0 Å². The summed E-state index contributed by atoms with van der Waals surface area (Å²) in [6.07, 6.45) is 0. The van der Waals surface area contributed by atoms with Crippen LogP contribution in [0.3, 0.4) is 0 Å². The molecule has 0 fully saturated rings. The minimum absolute atomic E-state index is 0.634. The molecule has 2 nitrogen and oxygen atoms in total. The third-order valence-corrected chi connectivity index (χ3v) is 13.4. The Labute approximate surface area is 110 Å². The van der Waals surface area contributed by atoms with Crippen molar-refractivity contribution in [3.8, 4) is 0 Å². The van der Waals surface area contributed by atoms with Gasteiger partial charge in [0, 0.05) is 6.61 Å². The number of rotatable bonds is 7. The van der Waals surface area contributed by atoms with Gasteiger partial charge < -0.3 is 8.54 Å². The monoisotopic (exact) mass is 276 g/mol. The lowest BCUT2D eigenvalue weighted by Crippen LogP contribution is -2.55. The van der Waals surface area contributed by atoms with E-state index in [2.05, 4.69) is 61.6 Å². The van der Waals surface area contributed by atoms with E-state index in [-0.39, 0.29) is 0 Å². The molecule has 0 unspecified atom stereocenters. The summed E-state index contributed by atoms with van der Waals surface area (Å²) in [5, 5.41) is 0. The van der Waals surface area contributed by atoms with Gasteiger partial charge in [-0.25, -0.2) is 0 Å². The van der Waals surface area contributed by atoms with Crippen LogP contribution in [0.15, 0.2) is 0 Å². The molecule has 0 spiro atoms. The SMILES string of the molecule is CCO[Si](C)(C)O[Si](C(C)C)(C(C)C)C(C)C. The van der Waals surface area contributed by atoms with Crippen LogP contribution in [0.4, 0.5) is 0 Å². The third kappa shape index (κ3) is 4.19. The van der Waals surface area contributed by atoms with Crippen molar-refractivity contribution in [3.05, 3.63) is 0 Å². The molecule has 0 aromatic carbocycles. The molecule has 0 heterocycles. The highest BCUT2D eigenvalue weighted by atomic mass is 28.4. The van der Waals surface area contributed by atoms with Crippen LogP contribution in [0, 0.1) is 0 Å². The first-order valence-electron chi connectivity index (χ1n) is 6.94. The van der Waals surface area contributed by atoms with Crippen molar-refractivity contribution in [1.29, 1.82) is 0 Å². The lowest BCUT2D eigenvalue weighted by molar-refractivity contribution is 0.253. The van der Waals surface area contributed by atoms with Crippen LogP contribution in [-0.2, 0) is 8.54 Å². The van der Waals surface area contributed by atoms with E-state index in [0.717, 1.165) is 6.61 Å². The molecule has 0 aromatic heterocycles. The second-order valence-electron chi connectivity index (χ2n) is 6.25. The summed E-state index contributed by atoms with van der Waals surface area (Å²) in [5.74, 6) is 0. The second kappa shape index (κ2) is 6.50. The summed E-state index contributed by atoms with van der Waals surface area (Å²) in [5.41, 5.74) is 1.90. The van der Waals surface area contributed by atoms with E-state index in [1.807, 2.05) is 0 Å². The lowest BCUT2D eigenvalue weighted by atomic mass is 10.5. The van der Waals surface area contributed by atoms with Crippen molar-refractivity contribution in [1.82, 2.24) is 0 Å². The van der Waals surface area contributed by atoms with E-state index in [1.54, 1.807) is 0 Å². The van der Waals surface area contributed by atoms with Crippen molar-refractivity contribution >= 4 is 16.9 Å². The molecule has 0 saturated carbocycles. The van der Waals surface area contributed by atoms with Crippen LogP contribution in [0.25, 0.3) is 0 Å². The molecule has 104 valence electrons. The normalized spacial score (nSPS) is 14.1. The lowest BCUT2D eigenvalue weighted by Gasteiger charge is -2.46. The smallest absolute Gasteiger partial charge is 0.321 e. The predicted molar refractivity (Wildman–Crippen MR) is 81.2 cm³/mol. The molecule has 0 aliphatic rings. The Morgan fingerprint density at radius 2 is 1.18 bits per heavy atom. The Morgan fingerprint density at radius 3 is 1.41 bits per heavy atom. The van der Waals surface area contributed by atoms with E-state index in [1.165, 1.54) is 0 Å². The quantitative estimate of drug-likeness (QED) is 0.615. The van der Waals surface area contributed by atoms with Gasteiger partial charge in [0.15, 0.2) is 8.32 Å². The van der Waals surface area contributed by atoms with Gasteiger partial charge in [0.05, 0.1) is 0 Å². The summed E-state index contributed by atoms with van der Waals surface area (Å²) in [6, 6.07) is 0. The van der Waals surface area contributed by atoms with Gasteiger partial charge in [-0.3, -0.25) is 0 Å². The van der Waals surface area contributed by atoms with Gasteiger partial charge >= 0.3 is 8.56 Å². The van der Waals surface area contributed by atoms with Crippen LogP contribution in [0.2, 0.25) is 29.7 Å². The third-order valence-electron chi connectivity index (χ3n) is 3.62. The molecular formula is C13H32O2Si2. The molecule has 17 heavy (non-hydrogen) atoms. The standard InChI is InChI=1S/C13H32O2Si2/c1-10-14-16(8,9)15-17(11(2)3,12(4)5)13(6)7/h11-13H,10H2,1-9H3. The van der Waals surface area contributed by atoms with Gasteiger partial charge in [0.1, 0.15) is 0 Å². The fraction of sp³-hybridized carbons (Fsp3) is 1.00. The molecule has 0 atom stereocenters. The largest absolute Gasteiger partial charge is 0.435 e. The van der Waals surface area contributed by atoms with Crippen molar-refractivity contribution in [2.45, 2.75) is 78.2 Å². The summed E-state index contributed by atoms with van der Waals surface area (Å²) in [6.45, 7) is 21.1. The topological polar surface area (TPSA) is 18.5 Å². The van der Waals surface area contributed by atoms with Gasteiger partial charge in [0.25, 0.3) is 0 Å². The molecule has 4 heteroatoms. The minimum atomic E-state index is -1.97. The molecule has 0 aromatic rings. The van der Waals surface area contributed by atoms with Crippen molar-refractivity contribution in [3.63, 3.8) is 0 Å². The summed E-state index contributed by atoms with van der Waals surface area (Å²) < 4.78 is 12.6. The van der Waals surface area contributed by atoms with E-state index < -0.39 is 16.9 Å². The van der Waals surface area contributed by atoms with Crippen LogP contribution >= 0.6 is 0 Å². The number of hydrogen-bond acceptors (Lipinski definition) is 2. The predicted octanol–water partition coefficient (Wildman–Crippen LogP) is 4.92. The minimum Gasteiger partial charge on any atom is -0.435 e. The first-order chi connectivity index (χ1) is 7.60. The van der Waals surface area contributed by atoms with Crippen LogP contribution < -0.4 is 0 Å². The van der Waals surface area contributed by atoms with Gasteiger partial charge in [-0.15, -0.1) is 0 Å². The summed E-state index contributed by atoms with van der Waals surface area (Å²) in [4.78, 5) is 0. The maximum absolute atomic E-state index is 6.71. The molecule has 0 saturated heterocycles. The summed E-state index contributed by atoms with van der Waals surface area (Å²) in [7, 11) is -3.73. The first-order valence-corrected chi connectivity index (χ1v) is 11.9. The molecule has 0 radical (unpaired) electrons. The maximum atomic E-state index is 6.71. The Hall–Kier alpha value is 0.354. The fourth-order valence-electron chi connectivity index (χ4n) is 3.16. The zero-order valence-corrected chi connectivity index (χ0v) is 15.3. The van der Waals surface area contributed by atoms with Gasteiger partial charge in [0.2, 0.25) is 0 Å². The van der Waals surface area contributed by atoms with E-state index >= 15 is 0 Å². The molecule has 0 aliphatic carbocycles.